The number of fused-ring (bicyclic) bond motifs is 1. The van der Waals surface area contributed by atoms with Gasteiger partial charge in [0.25, 0.3) is 0 Å². The molecule has 142 valence electrons. The first-order valence-corrected chi connectivity index (χ1v) is 9.88. The quantitative estimate of drug-likeness (QED) is 0.575. The lowest BCUT2D eigenvalue weighted by molar-refractivity contribution is -0.118. The zero-order chi connectivity index (χ0) is 19.4. The number of carbonyl (C=O) groups is 1. The highest BCUT2D eigenvalue weighted by Crippen LogP contribution is 2.31. The molecule has 0 aliphatic carbocycles. The second-order valence-electron chi connectivity index (χ2n) is 6.55. The summed E-state index contributed by atoms with van der Waals surface area (Å²) in [5, 5.41) is 1.08. The lowest BCUT2D eigenvalue weighted by Gasteiger charge is -2.21. The summed E-state index contributed by atoms with van der Waals surface area (Å²) in [7, 11) is 3.98. The third-order valence-corrected chi connectivity index (χ3v) is 5.59. The highest BCUT2D eigenvalue weighted by molar-refractivity contribution is 7.22. The molecule has 0 aliphatic heterocycles. The molecule has 0 saturated carbocycles. The van der Waals surface area contributed by atoms with Gasteiger partial charge in [-0.25, -0.2) is 9.37 Å². The van der Waals surface area contributed by atoms with E-state index in [4.69, 9.17) is 11.6 Å². The Labute approximate surface area is 167 Å². The van der Waals surface area contributed by atoms with Crippen molar-refractivity contribution in [2.45, 2.75) is 12.8 Å². The lowest BCUT2D eigenvalue weighted by atomic mass is 10.1. The largest absolute Gasteiger partial charge is 0.309 e. The molecule has 0 spiro atoms. The van der Waals surface area contributed by atoms with Gasteiger partial charge in [0.1, 0.15) is 11.3 Å². The van der Waals surface area contributed by atoms with Crippen molar-refractivity contribution in [2.24, 2.45) is 0 Å². The molecule has 0 aliphatic rings. The number of hydrogen-bond donors (Lipinski definition) is 0. The molecule has 4 nitrogen and oxygen atoms in total. The SMILES string of the molecule is CN(C)CCCN(C(=O)Cc1ccccc1Cl)c1nc2c(F)cccc2s1. The van der Waals surface area contributed by atoms with E-state index < -0.39 is 0 Å². The minimum absolute atomic E-state index is 0.0960. The van der Waals surface area contributed by atoms with E-state index in [1.807, 2.05) is 38.4 Å². The van der Waals surface area contributed by atoms with E-state index in [2.05, 4.69) is 9.88 Å². The number of thiazole rings is 1. The first kappa shape index (κ1) is 19.7. The Morgan fingerprint density at radius 3 is 2.63 bits per heavy atom. The summed E-state index contributed by atoms with van der Waals surface area (Å²) in [5.41, 5.74) is 1.08. The average Bonchev–Trinajstić information content (AvgIpc) is 3.05. The predicted octanol–water partition coefficient (Wildman–Crippen LogP) is 4.62. The first-order valence-electron chi connectivity index (χ1n) is 8.69. The maximum Gasteiger partial charge on any atom is 0.233 e. The van der Waals surface area contributed by atoms with E-state index in [9.17, 15) is 9.18 Å². The number of rotatable bonds is 7. The van der Waals surface area contributed by atoms with E-state index in [0.717, 1.165) is 23.2 Å². The van der Waals surface area contributed by atoms with Crippen molar-refractivity contribution in [3.63, 3.8) is 0 Å². The van der Waals surface area contributed by atoms with Gasteiger partial charge in [-0.3, -0.25) is 9.69 Å². The minimum Gasteiger partial charge on any atom is -0.309 e. The van der Waals surface area contributed by atoms with Crippen molar-refractivity contribution in [2.75, 3.05) is 32.1 Å². The molecule has 0 fully saturated rings. The summed E-state index contributed by atoms with van der Waals surface area (Å²) in [4.78, 5) is 21.1. The number of nitrogens with zero attached hydrogens (tertiary/aromatic N) is 3. The molecule has 0 radical (unpaired) electrons. The van der Waals surface area contributed by atoms with Crippen molar-refractivity contribution < 1.29 is 9.18 Å². The summed E-state index contributed by atoms with van der Waals surface area (Å²) in [6, 6.07) is 12.2. The van der Waals surface area contributed by atoms with Crippen LogP contribution in [0.4, 0.5) is 9.52 Å². The van der Waals surface area contributed by atoms with Crippen LogP contribution in [0.3, 0.4) is 0 Å². The molecule has 27 heavy (non-hydrogen) atoms. The van der Waals surface area contributed by atoms with Gasteiger partial charge in [0.05, 0.1) is 11.1 Å². The molecule has 0 saturated heterocycles. The van der Waals surface area contributed by atoms with Gasteiger partial charge in [0, 0.05) is 11.6 Å². The van der Waals surface area contributed by atoms with Crippen LogP contribution in [0.15, 0.2) is 42.5 Å². The number of benzene rings is 2. The van der Waals surface area contributed by atoms with Gasteiger partial charge < -0.3 is 4.90 Å². The Bertz CT molecular complexity index is 944. The smallest absolute Gasteiger partial charge is 0.233 e. The molecule has 3 rings (SSSR count). The Morgan fingerprint density at radius 2 is 1.93 bits per heavy atom. The van der Waals surface area contributed by atoms with Crippen LogP contribution in [-0.4, -0.2) is 43.0 Å². The van der Waals surface area contributed by atoms with Crippen LogP contribution in [0.1, 0.15) is 12.0 Å². The maximum absolute atomic E-state index is 14.0. The standard InChI is InChI=1S/C20H21ClFN3OS/c1-24(2)11-6-12-25(18(26)13-14-7-3-4-8-15(14)21)20-23-19-16(22)9-5-10-17(19)27-20/h3-5,7-10H,6,11-13H2,1-2H3. The maximum atomic E-state index is 14.0. The number of amides is 1. The average molecular weight is 406 g/mol. The van der Waals surface area contributed by atoms with Gasteiger partial charge in [-0.15, -0.1) is 0 Å². The Balaban J connectivity index is 1.88. The third kappa shape index (κ3) is 4.83. The fourth-order valence-electron chi connectivity index (χ4n) is 2.79. The fraction of sp³-hybridized carbons (Fsp3) is 0.300. The fourth-order valence-corrected chi connectivity index (χ4v) is 4.02. The molecule has 0 unspecified atom stereocenters. The summed E-state index contributed by atoms with van der Waals surface area (Å²) in [6.45, 7) is 1.36. The number of anilines is 1. The van der Waals surface area contributed by atoms with Crippen molar-refractivity contribution in [3.8, 4) is 0 Å². The number of carbonyl (C=O) groups excluding carboxylic acids is 1. The van der Waals surface area contributed by atoms with Crippen molar-refractivity contribution in [1.82, 2.24) is 9.88 Å². The second kappa shape index (κ2) is 8.78. The topological polar surface area (TPSA) is 36.4 Å². The van der Waals surface area contributed by atoms with E-state index in [1.165, 1.54) is 17.4 Å². The molecule has 0 atom stereocenters. The van der Waals surface area contributed by atoms with E-state index in [0.29, 0.717) is 22.2 Å². The van der Waals surface area contributed by atoms with Crippen LogP contribution in [-0.2, 0) is 11.2 Å². The van der Waals surface area contributed by atoms with E-state index in [-0.39, 0.29) is 18.1 Å². The monoisotopic (exact) mass is 405 g/mol. The minimum atomic E-state index is -0.373. The molecule has 2 aromatic carbocycles. The Morgan fingerprint density at radius 1 is 1.15 bits per heavy atom. The molecule has 0 bridgehead atoms. The molecule has 0 N–H and O–H groups in total. The van der Waals surface area contributed by atoms with Gasteiger partial charge in [-0.2, -0.15) is 0 Å². The summed E-state index contributed by atoms with van der Waals surface area (Å²) < 4.78 is 14.8. The molecule has 7 heteroatoms. The summed E-state index contributed by atoms with van der Waals surface area (Å²) in [6.07, 6.45) is 0.972. The predicted molar refractivity (Wildman–Crippen MR) is 110 cm³/mol. The Hall–Kier alpha value is -2.02. The lowest BCUT2D eigenvalue weighted by Crippen LogP contribution is -2.34. The van der Waals surface area contributed by atoms with Crippen LogP contribution in [0.25, 0.3) is 10.2 Å². The van der Waals surface area contributed by atoms with Gasteiger partial charge in [-0.05, 0) is 50.8 Å². The van der Waals surface area contributed by atoms with E-state index in [1.54, 1.807) is 17.0 Å². The number of aromatic nitrogens is 1. The molecule has 3 aromatic rings. The number of hydrogen-bond acceptors (Lipinski definition) is 4. The highest BCUT2D eigenvalue weighted by Gasteiger charge is 2.21. The number of halogens is 2. The van der Waals surface area contributed by atoms with Crippen LogP contribution in [0.5, 0.6) is 0 Å². The van der Waals surface area contributed by atoms with Crippen LogP contribution < -0.4 is 4.90 Å². The van der Waals surface area contributed by atoms with Crippen molar-refractivity contribution in [3.05, 3.63) is 58.9 Å². The third-order valence-electron chi connectivity index (χ3n) is 4.18. The normalized spacial score (nSPS) is 11.3. The van der Waals surface area contributed by atoms with Gasteiger partial charge in [0.15, 0.2) is 5.13 Å². The van der Waals surface area contributed by atoms with Gasteiger partial charge in [0.2, 0.25) is 5.91 Å². The van der Waals surface area contributed by atoms with Crippen LogP contribution in [0, 0.1) is 5.82 Å². The highest BCUT2D eigenvalue weighted by atomic mass is 35.5. The second-order valence-corrected chi connectivity index (χ2v) is 7.97. The summed E-state index contributed by atoms with van der Waals surface area (Å²) >= 11 is 7.54. The summed E-state index contributed by atoms with van der Waals surface area (Å²) in [5.74, 6) is -0.469. The number of para-hydroxylation sites is 1. The van der Waals surface area contributed by atoms with Crippen molar-refractivity contribution >= 4 is 44.2 Å². The van der Waals surface area contributed by atoms with Crippen LogP contribution >= 0.6 is 22.9 Å². The zero-order valence-corrected chi connectivity index (χ0v) is 16.9. The van der Waals surface area contributed by atoms with Crippen LogP contribution in [0.2, 0.25) is 5.02 Å². The molecule has 1 amide bonds. The zero-order valence-electron chi connectivity index (χ0n) is 15.3. The van der Waals surface area contributed by atoms with E-state index >= 15 is 0 Å². The molecular weight excluding hydrogens is 385 g/mol. The van der Waals surface area contributed by atoms with Gasteiger partial charge >= 0.3 is 0 Å². The van der Waals surface area contributed by atoms with Crippen molar-refractivity contribution in [1.29, 1.82) is 0 Å². The molecule has 1 heterocycles. The van der Waals surface area contributed by atoms with Gasteiger partial charge in [-0.1, -0.05) is 47.2 Å². The molecular formula is C20H21ClFN3OS. The Kier molecular flexibility index (Phi) is 6.42. The molecule has 1 aromatic heterocycles. The first-order chi connectivity index (χ1) is 13.0.